The minimum absolute atomic E-state index is 0.0362. The molecule has 0 bridgehead atoms. The van der Waals surface area contributed by atoms with Gasteiger partial charge in [0.1, 0.15) is 25.3 Å². The zero-order chi connectivity index (χ0) is 22.1. The van der Waals surface area contributed by atoms with Gasteiger partial charge in [0.15, 0.2) is 18.1 Å². The van der Waals surface area contributed by atoms with Crippen LogP contribution < -0.4 is 9.47 Å². The van der Waals surface area contributed by atoms with Crippen LogP contribution in [0.25, 0.3) is 0 Å². The Morgan fingerprint density at radius 1 is 1.27 bits per heavy atom. The summed E-state index contributed by atoms with van der Waals surface area (Å²) in [6.07, 6.45) is -3.19. The van der Waals surface area contributed by atoms with Crippen LogP contribution >= 0.6 is 0 Å². The van der Waals surface area contributed by atoms with Crippen molar-refractivity contribution in [3.8, 4) is 11.5 Å². The molecule has 3 rings (SSSR count). The SMILES string of the molecule is CC(C1CC1)N(CC(F)(F)F)C(=O)COC(=O)c1cc2c(cc1[N+](=O)[O-])OCCO2. The van der Waals surface area contributed by atoms with Gasteiger partial charge in [0.25, 0.3) is 11.6 Å². The number of rotatable bonds is 7. The minimum Gasteiger partial charge on any atom is -0.486 e. The van der Waals surface area contributed by atoms with Gasteiger partial charge in [-0.1, -0.05) is 0 Å². The van der Waals surface area contributed by atoms with Crippen molar-refractivity contribution in [1.29, 1.82) is 0 Å². The zero-order valence-corrected chi connectivity index (χ0v) is 15.9. The number of hydrogen-bond acceptors (Lipinski definition) is 7. The summed E-state index contributed by atoms with van der Waals surface area (Å²) in [7, 11) is 0. The van der Waals surface area contributed by atoms with Crippen molar-refractivity contribution in [2.24, 2.45) is 5.92 Å². The highest BCUT2D eigenvalue weighted by Crippen LogP contribution is 2.38. The summed E-state index contributed by atoms with van der Waals surface area (Å²) in [5, 5.41) is 11.3. The lowest BCUT2D eigenvalue weighted by molar-refractivity contribution is -0.385. The number of benzene rings is 1. The number of amides is 1. The van der Waals surface area contributed by atoms with Gasteiger partial charge in [0.2, 0.25) is 0 Å². The van der Waals surface area contributed by atoms with E-state index in [1.807, 2.05) is 0 Å². The molecule has 1 amide bonds. The van der Waals surface area contributed by atoms with Crippen LogP contribution in [0.5, 0.6) is 11.5 Å². The van der Waals surface area contributed by atoms with E-state index in [-0.39, 0.29) is 30.6 Å². The number of halogens is 3. The topological polar surface area (TPSA) is 108 Å². The normalized spacial score (nSPS) is 16.5. The first-order valence-electron chi connectivity index (χ1n) is 9.18. The number of nitrogens with zero attached hydrogens (tertiary/aromatic N) is 2. The van der Waals surface area contributed by atoms with E-state index in [1.165, 1.54) is 6.92 Å². The van der Waals surface area contributed by atoms with E-state index in [0.717, 1.165) is 12.1 Å². The summed E-state index contributed by atoms with van der Waals surface area (Å²) in [5.41, 5.74) is -1.12. The van der Waals surface area contributed by atoms with E-state index in [0.29, 0.717) is 17.7 Å². The lowest BCUT2D eigenvalue weighted by Crippen LogP contribution is -2.47. The van der Waals surface area contributed by atoms with E-state index in [1.54, 1.807) is 0 Å². The van der Waals surface area contributed by atoms with E-state index in [4.69, 9.17) is 14.2 Å². The molecule has 9 nitrogen and oxygen atoms in total. The highest BCUT2D eigenvalue weighted by Gasteiger charge is 2.40. The molecule has 0 aromatic heterocycles. The Kier molecular flexibility index (Phi) is 6.04. The molecule has 0 spiro atoms. The smallest absolute Gasteiger partial charge is 0.406 e. The summed E-state index contributed by atoms with van der Waals surface area (Å²) >= 11 is 0. The zero-order valence-electron chi connectivity index (χ0n) is 15.9. The summed E-state index contributed by atoms with van der Waals surface area (Å²) in [4.78, 5) is 35.8. The lowest BCUT2D eigenvalue weighted by atomic mass is 10.1. The predicted octanol–water partition coefficient (Wildman–Crippen LogP) is 2.71. The Hall–Kier alpha value is -3.05. The Balaban J connectivity index is 1.73. The highest BCUT2D eigenvalue weighted by atomic mass is 19.4. The van der Waals surface area contributed by atoms with Crippen molar-refractivity contribution in [2.75, 3.05) is 26.4 Å². The molecule has 1 aromatic carbocycles. The van der Waals surface area contributed by atoms with Gasteiger partial charge in [-0.3, -0.25) is 14.9 Å². The fraction of sp³-hybridized carbons (Fsp3) is 0.556. The van der Waals surface area contributed by atoms with Gasteiger partial charge in [-0.15, -0.1) is 0 Å². The quantitative estimate of drug-likeness (QED) is 0.370. The molecular weight excluding hydrogens is 413 g/mol. The van der Waals surface area contributed by atoms with Crippen molar-refractivity contribution >= 4 is 17.6 Å². The monoisotopic (exact) mass is 432 g/mol. The molecule has 12 heteroatoms. The van der Waals surface area contributed by atoms with Crippen molar-refractivity contribution in [1.82, 2.24) is 4.90 Å². The summed E-state index contributed by atoms with van der Waals surface area (Å²) in [5.74, 6) is -2.12. The second-order valence-electron chi connectivity index (χ2n) is 7.06. The second-order valence-corrected chi connectivity index (χ2v) is 7.06. The first kappa shape index (κ1) is 21.7. The van der Waals surface area contributed by atoms with Crippen LogP contribution in [0.3, 0.4) is 0 Å². The highest BCUT2D eigenvalue weighted by molar-refractivity contribution is 5.96. The van der Waals surface area contributed by atoms with Gasteiger partial charge in [-0.05, 0) is 25.7 Å². The molecule has 1 atom stereocenters. The van der Waals surface area contributed by atoms with Crippen LogP contribution in [-0.2, 0) is 9.53 Å². The van der Waals surface area contributed by atoms with Crippen LogP contribution in [0.1, 0.15) is 30.1 Å². The molecule has 1 unspecified atom stereocenters. The van der Waals surface area contributed by atoms with Gasteiger partial charge < -0.3 is 19.1 Å². The molecule has 1 aromatic rings. The molecule has 1 fully saturated rings. The third-order valence-electron chi connectivity index (χ3n) is 4.87. The van der Waals surface area contributed by atoms with Gasteiger partial charge in [-0.25, -0.2) is 4.79 Å². The van der Waals surface area contributed by atoms with Crippen LogP contribution in [0, 0.1) is 16.0 Å². The van der Waals surface area contributed by atoms with Crippen LogP contribution in [0.2, 0.25) is 0 Å². The maximum Gasteiger partial charge on any atom is 0.406 e. The second kappa shape index (κ2) is 8.36. The summed E-state index contributed by atoms with van der Waals surface area (Å²) in [6, 6.07) is 1.39. The number of nitro groups is 1. The van der Waals surface area contributed by atoms with Crippen LogP contribution in [-0.4, -0.2) is 60.3 Å². The fourth-order valence-electron chi connectivity index (χ4n) is 3.17. The molecule has 164 valence electrons. The van der Waals surface area contributed by atoms with Crippen LogP contribution in [0.15, 0.2) is 12.1 Å². The Morgan fingerprint density at radius 3 is 2.40 bits per heavy atom. The molecule has 0 radical (unpaired) electrons. The summed E-state index contributed by atoms with van der Waals surface area (Å²) in [6.45, 7) is -0.586. The standard InChI is InChI=1S/C18H19F3N2O7/c1-10(11-2-3-11)22(9-18(19,20)21)16(24)8-30-17(25)12-6-14-15(29-5-4-28-14)7-13(12)23(26)27/h6-7,10-11H,2-5,8-9H2,1H3. The van der Waals surface area contributed by atoms with Gasteiger partial charge >= 0.3 is 12.1 Å². The van der Waals surface area contributed by atoms with E-state index in [9.17, 15) is 32.9 Å². The third-order valence-corrected chi connectivity index (χ3v) is 4.87. The first-order chi connectivity index (χ1) is 14.1. The molecule has 1 saturated carbocycles. The van der Waals surface area contributed by atoms with Gasteiger partial charge in [0.05, 0.1) is 11.0 Å². The van der Waals surface area contributed by atoms with Crippen molar-refractivity contribution in [3.05, 3.63) is 27.8 Å². The minimum atomic E-state index is -4.61. The maximum absolute atomic E-state index is 12.9. The average molecular weight is 432 g/mol. The number of hydrogen-bond donors (Lipinski definition) is 0. The fourth-order valence-corrected chi connectivity index (χ4v) is 3.17. The Morgan fingerprint density at radius 2 is 1.87 bits per heavy atom. The molecule has 0 N–H and O–H groups in total. The average Bonchev–Trinajstić information content (AvgIpc) is 3.53. The lowest BCUT2D eigenvalue weighted by Gasteiger charge is -2.30. The number of carbonyl (C=O) groups is 2. The predicted molar refractivity (Wildman–Crippen MR) is 94.3 cm³/mol. The van der Waals surface area contributed by atoms with Crippen molar-refractivity contribution < 1.29 is 41.9 Å². The molecule has 2 aliphatic rings. The van der Waals surface area contributed by atoms with E-state index >= 15 is 0 Å². The number of ether oxygens (including phenoxy) is 3. The number of carbonyl (C=O) groups excluding carboxylic acids is 2. The van der Waals surface area contributed by atoms with Gasteiger partial charge in [-0.2, -0.15) is 13.2 Å². The van der Waals surface area contributed by atoms with Crippen LogP contribution in [0.4, 0.5) is 18.9 Å². The number of fused-ring (bicyclic) bond motifs is 1. The van der Waals surface area contributed by atoms with E-state index < -0.39 is 53.4 Å². The van der Waals surface area contributed by atoms with Crippen molar-refractivity contribution in [2.45, 2.75) is 32.0 Å². The summed E-state index contributed by atoms with van der Waals surface area (Å²) < 4.78 is 53.9. The van der Waals surface area contributed by atoms with Crippen molar-refractivity contribution in [3.63, 3.8) is 0 Å². The largest absolute Gasteiger partial charge is 0.486 e. The first-order valence-corrected chi connectivity index (χ1v) is 9.18. The third kappa shape index (κ3) is 5.10. The number of alkyl halides is 3. The Labute approximate surface area is 168 Å². The Bertz CT molecular complexity index is 855. The molecule has 1 aliphatic carbocycles. The molecule has 1 aliphatic heterocycles. The maximum atomic E-state index is 12.9. The number of nitro benzene ring substituents is 1. The molecular formula is C18H19F3N2O7. The molecule has 1 heterocycles. The molecule has 0 saturated heterocycles. The number of esters is 1. The van der Waals surface area contributed by atoms with Gasteiger partial charge in [0, 0.05) is 12.1 Å². The molecule has 30 heavy (non-hydrogen) atoms. The van der Waals surface area contributed by atoms with E-state index in [2.05, 4.69) is 0 Å².